The number of nitrogens with one attached hydrogen (secondary N) is 1. The topological polar surface area (TPSA) is 74.8 Å². The number of esters is 1. The Morgan fingerprint density at radius 3 is 2.56 bits per heavy atom. The van der Waals surface area contributed by atoms with E-state index >= 15 is 0 Å². The van der Waals surface area contributed by atoms with Gasteiger partial charge in [0.25, 0.3) is 5.91 Å². The normalized spacial score (nSPS) is 14.7. The van der Waals surface area contributed by atoms with E-state index in [9.17, 15) is 9.59 Å². The Hall–Kier alpha value is -2.93. The number of pyridine rings is 1. The monoisotopic (exact) mass is 368 g/mol. The number of nitrogens with zero attached hydrogens (tertiary/aromatic N) is 3. The molecule has 0 atom stereocenters. The van der Waals surface area contributed by atoms with Crippen LogP contribution >= 0.6 is 0 Å². The van der Waals surface area contributed by atoms with Gasteiger partial charge in [-0.25, -0.2) is 4.79 Å². The predicted molar refractivity (Wildman–Crippen MR) is 104 cm³/mol. The molecule has 1 N–H and O–H groups in total. The SMILES string of the molecule is CCN1CCN(c2ccc(C(=O)OC)cc2NC(=O)c2cccnc2)CC1. The van der Waals surface area contributed by atoms with E-state index in [1.807, 2.05) is 6.07 Å². The van der Waals surface area contributed by atoms with Gasteiger partial charge in [0.1, 0.15) is 0 Å². The summed E-state index contributed by atoms with van der Waals surface area (Å²) in [4.78, 5) is 33.1. The van der Waals surface area contributed by atoms with Crippen molar-refractivity contribution in [3.63, 3.8) is 0 Å². The van der Waals surface area contributed by atoms with Crippen LogP contribution in [0.15, 0.2) is 42.7 Å². The quantitative estimate of drug-likeness (QED) is 0.816. The fraction of sp³-hybridized carbons (Fsp3) is 0.350. The Balaban J connectivity index is 1.88. The van der Waals surface area contributed by atoms with Crippen molar-refractivity contribution in [3.8, 4) is 0 Å². The van der Waals surface area contributed by atoms with Gasteiger partial charge in [-0.05, 0) is 36.9 Å². The highest BCUT2D eigenvalue weighted by molar-refractivity contribution is 6.06. The molecule has 0 radical (unpaired) electrons. The first-order valence-corrected chi connectivity index (χ1v) is 9.03. The first kappa shape index (κ1) is 18.8. The van der Waals surface area contributed by atoms with Crippen LogP contribution in [0.2, 0.25) is 0 Å². The van der Waals surface area contributed by atoms with E-state index in [0.29, 0.717) is 16.8 Å². The minimum atomic E-state index is -0.436. The highest BCUT2D eigenvalue weighted by Gasteiger charge is 2.21. The third-order valence-corrected chi connectivity index (χ3v) is 4.75. The number of amides is 1. The van der Waals surface area contributed by atoms with E-state index in [0.717, 1.165) is 38.4 Å². The zero-order valence-electron chi connectivity index (χ0n) is 15.6. The van der Waals surface area contributed by atoms with Crippen LogP contribution < -0.4 is 10.2 Å². The number of anilines is 2. The van der Waals surface area contributed by atoms with Gasteiger partial charge in [0.05, 0.1) is 29.6 Å². The Kier molecular flexibility index (Phi) is 6.03. The van der Waals surface area contributed by atoms with Crippen molar-refractivity contribution in [1.82, 2.24) is 9.88 Å². The number of hydrogen-bond acceptors (Lipinski definition) is 6. The highest BCUT2D eigenvalue weighted by atomic mass is 16.5. The van der Waals surface area contributed by atoms with Crippen LogP contribution in [-0.2, 0) is 4.74 Å². The summed E-state index contributed by atoms with van der Waals surface area (Å²) in [6, 6.07) is 8.68. The van der Waals surface area contributed by atoms with E-state index in [2.05, 4.69) is 27.0 Å². The number of carbonyl (C=O) groups excluding carboxylic acids is 2. The van der Waals surface area contributed by atoms with Gasteiger partial charge in [0.2, 0.25) is 0 Å². The zero-order chi connectivity index (χ0) is 19.2. The van der Waals surface area contributed by atoms with Crippen LogP contribution in [0.25, 0.3) is 0 Å². The summed E-state index contributed by atoms with van der Waals surface area (Å²) in [7, 11) is 1.34. The third kappa shape index (κ3) is 4.43. The summed E-state index contributed by atoms with van der Waals surface area (Å²) in [5.74, 6) is -0.701. The molecule has 1 fully saturated rings. The highest BCUT2D eigenvalue weighted by Crippen LogP contribution is 2.29. The van der Waals surface area contributed by atoms with E-state index in [1.165, 1.54) is 13.3 Å². The molecule has 1 amide bonds. The summed E-state index contributed by atoms with van der Waals surface area (Å²) in [6.45, 7) is 6.83. The largest absolute Gasteiger partial charge is 0.465 e. The molecule has 2 aromatic rings. The lowest BCUT2D eigenvalue weighted by Gasteiger charge is -2.36. The maximum absolute atomic E-state index is 12.6. The lowest BCUT2D eigenvalue weighted by Crippen LogP contribution is -2.46. The van der Waals surface area contributed by atoms with Gasteiger partial charge in [-0.1, -0.05) is 6.92 Å². The average molecular weight is 368 g/mol. The molecule has 7 nitrogen and oxygen atoms in total. The maximum Gasteiger partial charge on any atom is 0.337 e. The molecule has 3 rings (SSSR count). The van der Waals surface area contributed by atoms with Crippen LogP contribution in [0.3, 0.4) is 0 Å². The molecule has 1 aromatic heterocycles. The minimum Gasteiger partial charge on any atom is -0.465 e. The Labute approximate surface area is 158 Å². The summed E-state index contributed by atoms with van der Waals surface area (Å²) in [5.41, 5.74) is 2.35. The Bertz CT molecular complexity index is 802. The van der Waals surface area contributed by atoms with Gasteiger partial charge in [-0.3, -0.25) is 9.78 Å². The third-order valence-electron chi connectivity index (χ3n) is 4.75. The molecule has 142 valence electrons. The van der Waals surface area contributed by atoms with Gasteiger partial charge in [-0.2, -0.15) is 0 Å². The molecule has 1 aliphatic rings. The summed E-state index contributed by atoms with van der Waals surface area (Å²) < 4.78 is 4.81. The van der Waals surface area contributed by atoms with E-state index < -0.39 is 5.97 Å². The van der Waals surface area contributed by atoms with Crippen molar-refractivity contribution in [2.75, 3.05) is 50.1 Å². The molecule has 1 saturated heterocycles. The zero-order valence-corrected chi connectivity index (χ0v) is 15.6. The van der Waals surface area contributed by atoms with Crippen LogP contribution in [0.4, 0.5) is 11.4 Å². The standard InChI is InChI=1S/C20H24N4O3/c1-3-23-9-11-24(12-10-23)18-7-6-15(20(26)27-2)13-17(18)22-19(25)16-5-4-8-21-14-16/h4-8,13-14H,3,9-12H2,1-2H3,(H,22,25). The van der Waals surface area contributed by atoms with E-state index in [4.69, 9.17) is 4.74 Å². The molecular weight excluding hydrogens is 344 g/mol. The molecular formula is C20H24N4O3. The molecule has 7 heteroatoms. The molecule has 2 heterocycles. The fourth-order valence-corrected chi connectivity index (χ4v) is 3.15. The van der Waals surface area contributed by atoms with Crippen molar-refractivity contribution in [2.24, 2.45) is 0 Å². The van der Waals surface area contributed by atoms with Gasteiger partial charge in [0, 0.05) is 38.6 Å². The number of likely N-dealkylation sites (N-methyl/N-ethyl adjacent to an activating group) is 1. The van der Waals surface area contributed by atoms with Crippen molar-refractivity contribution in [1.29, 1.82) is 0 Å². The van der Waals surface area contributed by atoms with Crippen molar-refractivity contribution < 1.29 is 14.3 Å². The van der Waals surface area contributed by atoms with Crippen molar-refractivity contribution >= 4 is 23.3 Å². The number of aromatic nitrogens is 1. The fourth-order valence-electron chi connectivity index (χ4n) is 3.15. The van der Waals surface area contributed by atoms with Gasteiger partial charge >= 0.3 is 5.97 Å². The van der Waals surface area contributed by atoms with Crippen LogP contribution in [-0.4, -0.2) is 61.6 Å². The number of benzene rings is 1. The number of methoxy groups -OCH3 is 1. The Morgan fingerprint density at radius 1 is 1.15 bits per heavy atom. The van der Waals surface area contributed by atoms with Gasteiger partial charge in [0.15, 0.2) is 0 Å². The maximum atomic E-state index is 12.6. The summed E-state index contributed by atoms with van der Waals surface area (Å²) in [5, 5.41) is 2.93. The van der Waals surface area contributed by atoms with E-state index in [1.54, 1.807) is 30.5 Å². The van der Waals surface area contributed by atoms with Crippen molar-refractivity contribution in [2.45, 2.75) is 6.92 Å². The summed E-state index contributed by atoms with van der Waals surface area (Å²) >= 11 is 0. The number of carbonyl (C=O) groups is 2. The molecule has 0 spiro atoms. The lowest BCUT2D eigenvalue weighted by atomic mass is 10.1. The molecule has 1 aromatic carbocycles. The van der Waals surface area contributed by atoms with E-state index in [-0.39, 0.29) is 5.91 Å². The number of ether oxygens (including phenoxy) is 1. The number of rotatable bonds is 5. The molecule has 27 heavy (non-hydrogen) atoms. The number of piperazine rings is 1. The first-order valence-electron chi connectivity index (χ1n) is 9.03. The van der Waals surface area contributed by atoms with Gasteiger partial charge in [-0.15, -0.1) is 0 Å². The second-order valence-corrected chi connectivity index (χ2v) is 6.34. The summed E-state index contributed by atoms with van der Waals surface area (Å²) in [6.07, 6.45) is 3.13. The second kappa shape index (κ2) is 8.64. The smallest absolute Gasteiger partial charge is 0.337 e. The van der Waals surface area contributed by atoms with Crippen LogP contribution in [0, 0.1) is 0 Å². The first-order chi connectivity index (χ1) is 13.1. The molecule has 0 aliphatic carbocycles. The predicted octanol–water partition coefficient (Wildman–Crippen LogP) is 2.26. The Morgan fingerprint density at radius 2 is 1.93 bits per heavy atom. The second-order valence-electron chi connectivity index (χ2n) is 6.34. The molecule has 1 aliphatic heterocycles. The molecule has 0 unspecified atom stereocenters. The van der Waals surface area contributed by atoms with Crippen LogP contribution in [0.5, 0.6) is 0 Å². The van der Waals surface area contributed by atoms with Gasteiger partial charge < -0.3 is 19.9 Å². The van der Waals surface area contributed by atoms with Crippen LogP contribution in [0.1, 0.15) is 27.6 Å². The molecule has 0 bridgehead atoms. The number of hydrogen-bond donors (Lipinski definition) is 1. The van der Waals surface area contributed by atoms with Crippen molar-refractivity contribution in [3.05, 3.63) is 53.9 Å². The lowest BCUT2D eigenvalue weighted by molar-refractivity contribution is 0.0600. The minimum absolute atomic E-state index is 0.265. The molecule has 0 saturated carbocycles. The average Bonchev–Trinajstić information content (AvgIpc) is 2.73.